The molecule has 8 N–H and O–H groups in total. The number of fused-ring (bicyclic) bond motifs is 3. The van der Waals surface area contributed by atoms with Crippen LogP contribution in [0.1, 0.15) is 128 Å². The molecule has 10 aromatic rings. The minimum atomic E-state index is -0.152. The molecule has 0 aliphatic rings. The third kappa shape index (κ3) is 15.7. The highest BCUT2D eigenvalue weighted by atomic mass is 79.9. The Hall–Kier alpha value is -7.25. The van der Waals surface area contributed by atoms with E-state index in [-0.39, 0.29) is 50.4 Å². The molecule has 0 atom stereocenters. The molecule has 11 nitrogen and oxygen atoms in total. The van der Waals surface area contributed by atoms with Crippen LogP contribution in [-0.2, 0) is 46.6 Å². The van der Waals surface area contributed by atoms with Gasteiger partial charge in [0.05, 0.1) is 52.7 Å². The lowest BCUT2D eigenvalue weighted by atomic mass is 9.87. The topological polar surface area (TPSA) is 180 Å². The van der Waals surface area contributed by atoms with Gasteiger partial charge in [-0.05, 0) is 103 Å². The molecule has 10 rings (SSSR count). The van der Waals surface area contributed by atoms with Gasteiger partial charge in [0.2, 0.25) is 0 Å². The summed E-state index contributed by atoms with van der Waals surface area (Å²) in [7, 11) is 0. The summed E-state index contributed by atoms with van der Waals surface area (Å²) < 4.78 is 5.57. The van der Waals surface area contributed by atoms with Crippen molar-refractivity contribution in [3.8, 4) is 0 Å². The maximum absolute atomic E-state index is 13.5. The van der Waals surface area contributed by atoms with E-state index in [9.17, 15) is 14.4 Å². The Morgan fingerprint density at radius 3 is 0.974 bits per heavy atom. The number of H-pyrrole nitrogens is 3. The second-order valence-corrected chi connectivity index (χ2v) is 24.1. The van der Waals surface area contributed by atoms with Crippen molar-refractivity contribution in [1.82, 2.24) is 34.8 Å². The molecule has 77 heavy (non-hydrogen) atoms. The van der Waals surface area contributed by atoms with Gasteiger partial charge in [-0.1, -0.05) is 232 Å². The summed E-state index contributed by atoms with van der Waals surface area (Å²) in [6, 6.07) is 57.9. The summed E-state index contributed by atoms with van der Waals surface area (Å²) in [4.78, 5) is 44.4. The van der Waals surface area contributed by atoms with Crippen LogP contribution in [0.2, 0.25) is 0 Å². The first-order valence-electron chi connectivity index (χ1n) is 25.9. The first-order chi connectivity index (χ1) is 35.4. The third-order valence-corrected chi connectivity index (χ3v) is 14.1. The smallest absolute Gasteiger partial charge is 0.329 e. The fourth-order valence-corrected chi connectivity index (χ4v) is 9.16. The van der Waals surface area contributed by atoms with Crippen molar-refractivity contribution < 1.29 is 5.48 Å². The summed E-state index contributed by atoms with van der Waals surface area (Å²) in [5, 5.41) is 0.942. The van der Waals surface area contributed by atoms with Gasteiger partial charge in [-0.3, -0.25) is 13.7 Å². The maximum Gasteiger partial charge on any atom is 0.329 e. The minimum Gasteiger partial charge on any atom is -0.412 e. The van der Waals surface area contributed by atoms with Crippen molar-refractivity contribution in [1.29, 1.82) is 0 Å². The van der Waals surface area contributed by atoms with Crippen LogP contribution in [0.5, 0.6) is 0 Å². The highest BCUT2D eigenvalue weighted by molar-refractivity contribution is 9.08. The number of aromatic nitrogens is 6. The van der Waals surface area contributed by atoms with Gasteiger partial charge in [-0.25, -0.2) is 14.4 Å². The zero-order chi connectivity index (χ0) is 54.3. The number of rotatable bonds is 7. The van der Waals surface area contributed by atoms with E-state index in [0.29, 0.717) is 19.6 Å². The summed E-state index contributed by atoms with van der Waals surface area (Å²) in [6.07, 6.45) is 0. The van der Waals surface area contributed by atoms with Crippen molar-refractivity contribution in [3.05, 3.63) is 246 Å². The lowest BCUT2D eigenvalue weighted by molar-refractivity contribution is 0.589. The molecular formula is C65H80BrN7O4. The van der Waals surface area contributed by atoms with Crippen molar-refractivity contribution in [3.63, 3.8) is 0 Å². The number of benzene rings is 7. The monoisotopic (exact) mass is 1100 g/mol. The molecule has 3 aromatic heterocycles. The van der Waals surface area contributed by atoms with Crippen molar-refractivity contribution in [2.24, 2.45) is 0 Å². The van der Waals surface area contributed by atoms with E-state index >= 15 is 0 Å². The number of para-hydroxylation sites is 6. The van der Waals surface area contributed by atoms with Gasteiger partial charge in [-0.15, -0.1) is 0 Å². The van der Waals surface area contributed by atoms with E-state index in [0.717, 1.165) is 55.1 Å². The number of hydrogen-bond acceptors (Lipinski definition) is 4. The van der Waals surface area contributed by atoms with Crippen LogP contribution in [-0.4, -0.2) is 34.1 Å². The van der Waals surface area contributed by atoms with Crippen molar-refractivity contribution in [2.75, 3.05) is 0 Å². The number of nitrogens with zero attached hydrogens (tertiary/aromatic N) is 3. The average molecular weight is 1100 g/mol. The van der Waals surface area contributed by atoms with Crippen LogP contribution >= 0.6 is 15.9 Å². The second kappa shape index (κ2) is 25.3. The standard InChI is InChI=1S/C29H34N2O.C18H20N2O.C11H15Br.C7H6N2O.H3N.H2O/c1-28(2,3)23-15-11-21(12-16-23)19-30-25-9-7-8-10-26(25)31(27(30)32)20-22-13-17-24(18-14-22)29(4,5)6;1-18(2,3)14-10-8-13(9-11-14)12-20-16-7-5-4-6-15(16)19-17(20)21;1-11(2,3)10-6-4-9(8-12)5-7-10;10-7-8-5-3-1-2-4-6(5)9-7;;/h7-18H,19-20H2,1-6H3;4-11H,12H2,1-3H3,(H,19,21);4-7H,8H2,1-3H3;1-4H,(H2,8,9,10);1H3;1H2. The largest absolute Gasteiger partial charge is 0.412 e. The van der Waals surface area contributed by atoms with E-state index in [4.69, 9.17) is 0 Å². The first kappa shape index (κ1) is 60.6. The van der Waals surface area contributed by atoms with E-state index < -0.39 is 0 Å². The molecule has 0 spiro atoms. The molecule has 7 aromatic carbocycles. The summed E-state index contributed by atoms with van der Waals surface area (Å²) in [5.41, 5.74) is 16.0. The number of nitrogens with one attached hydrogen (secondary N) is 3. The highest BCUT2D eigenvalue weighted by Gasteiger charge is 2.18. The Morgan fingerprint density at radius 2 is 0.649 bits per heavy atom. The van der Waals surface area contributed by atoms with Gasteiger partial charge in [-0.2, -0.15) is 0 Å². The van der Waals surface area contributed by atoms with Crippen LogP contribution in [0, 0.1) is 0 Å². The van der Waals surface area contributed by atoms with Crippen molar-refractivity contribution >= 4 is 49.0 Å². The molecule has 3 heterocycles. The number of alkyl halides is 1. The summed E-state index contributed by atoms with van der Waals surface area (Å²) in [5.74, 6) is 0. The molecule has 12 heteroatoms. The Balaban J connectivity index is 0.000000208. The molecule has 0 bridgehead atoms. The van der Waals surface area contributed by atoms with Gasteiger partial charge in [0.1, 0.15) is 0 Å². The number of aromatic amines is 3. The van der Waals surface area contributed by atoms with Gasteiger partial charge in [0.15, 0.2) is 0 Å². The van der Waals surface area contributed by atoms with Gasteiger partial charge in [0.25, 0.3) is 0 Å². The van der Waals surface area contributed by atoms with Crippen LogP contribution < -0.4 is 23.2 Å². The molecule has 0 fully saturated rings. The molecule has 0 amide bonds. The van der Waals surface area contributed by atoms with Crippen LogP contribution in [0.3, 0.4) is 0 Å². The first-order valence-corrected chi connectivity index (χ1v) is 27.0. The summed E-state index contributed by atoms with van der Waals surface area (Å²) >= 11 is 3.43. The van der Waals surface area contributed by atoms with E-state index in [2.05, 4.69) is 211 Å². The van der Waals surface area contributed by atoms with Crippen molar-refractivity contribution in [2.45, 2.75) is 130 Å². The lowest BCUT2D eigenvalue weighted by Gasteiger charge is -2.19. The van der Waals surface area contributed by atoms with E-state index in [1.54, 1.807) is 4.57 Å². The zero-order valence-electron chi connectivity index (χ0n) is 47.1. The fourth-order valence-electron chi connectivity index (χ4n) is 8.79. The Labute approximate surface area is 462 Å². The number of halogens is 1. The third-order valence-electron chi connectivity index (χ3n) is 13.5. The Bertz CT molecular complexity index is 3510. The highest BCUT2D eigenvalue weighted by Crippen LogP contribution is 2.27. The van der Waals surface area contributed by atoms with Gasteiger partial charge >= 0.3 is 17.1 Å². The molecule has 0 aliphatic heterocycles. The SMILES string of the molecule is CC(C)(C)c1ccc(CBr)cc1.CC(C)(C)c1ccc(Cn2c(=O)[nH]c3ccccc32)cc1.CC(C)(C)c1ccc(Cn2c(=O)n(Cc3ccc(C(C)(C)C)cc3)c3ccccc32)cc1.N.O.O=c1[nH]c2ccccc2[nH]1. The minimum absolute atomic E-state index is 0. The van der Waals surface area contributed by atoms with E-state index in [1.165, 1.54) is 27.8 Å². The summed E-state index contributed by atoms with van der Waals surface area (Å²) in [6.45, 7) is 28.3. The zero-order valence-corrected chi connectivity index (χ0v) is 48.7. The second-order valence-electron chi connectivity index (χ2n) is 23.5. The molecule has 406 valence electrons. The molecular weight excluding hydrogens is 1020 g/mol. The molecule has 0 radical (unpaired) electrons. The predicted octanol–water partition coefficient (Wildman–Crippen LogP) is 14.2. The quantitative estimate of drug-likeness (QED) is 0.116. The molecule has 0 saturated carbocycles. The maximum atomic E-state index is 13.5. The lowest BCUT2D eigenvalue weighted by Crippen LogP contribution is -2.25. The van der Waals surface area contributed by atoms with Crippen LogP contribution in [0.4, 0.5) is 0 Å². The normalized spacial score (nSPS) is 11.6. The van der Waals surface area contributed by atoms with Gasteiger partial charge in [0, 0.05) is 5.33 Å². The van der Waals surface area contributed by atoms with Crippen LogP contribution in [0.15, 0.2) is 184 Å². The van der Waals surface area contributed by atoms with Crippen LogP contribution in [0.25, 0.3) is 33.1 Å². The average Bonchev–Trinajstić information content (AvgIpc) is 4.01. The molecule has 0 aliphatic carbocycles. The van der Waals surface area contributed by atoms with E-state index in [1.807, 2.05) is 81.9 Å². The fraction of sp³-hybridized carbons (Fsp3) is 0.308. The Morgan fingerprint density at radius 1 is 0.364 bits per heavy atom. The Kier molecular flexibility index (Phi) is 19.9. The molecule has 0 saturated heterocycles. The van der Waals surface area contributed by atoms with Gasteiger partial charge < -0.3 is 26.6 Å². The molecule has 0 unspecified atom stereocenters. The predicted molar refractivity (Wildman–Crippen MR) is 327 cm³/mol. The number of hydrogen-bond donors (Lipinski definition) is 4. The number of imidazole rings is 3.